The third kappa shape index (κ3) is 2.41. The van der Waals surface area contributed by atoms with E-state index in [1.807, 2.05) is 4.68 Å². The van der Waals surface area contributed by atoms with Crippen LogP contribution in [0.2, 0.25) is 0 Å². The van der Waals surface area contributed by atoms with Crippen molar-refractivity contribution < 1.29 is 4.74 Å². The summed E-state index contributed by atoms with van der Waals surface area (Å²) in [7, 11) is 0. The molecular formula is C11H20N4O. The van der Waals surface area contributed by atoms with Crippen LogP contribution in [0.1, 0.15) is 38.6 Å². The first-order valence-electron chi connectivity index (χ1n) is 5.86. The van der Waals surface area contributed by atoms with E-state index in [9.17, 15) is 0 Å². The van der Waals surface area contributed by atoms with Gasteiger partial charge in [-0.2, -0.15) is 5.10 Å². The monoisotopic (exact) mass is 224 g/mol. The van der Waals surface area contributed by atoms with Gasteiger partial charge < -0.3 is 10.5 Å². The van der Waals surface area contributed by atoms with Gasteiger partial charge >= 0.3 is 0 Å². The molecule has 2 heterocycles. The molecule has 0 radical (unpaired) electrons. The Labute approximate surface area is 96.0 Å². The van der Waals surface area contributed by atoms with Gasteiger partial charge in [0.2, 0.25) is 0 Å². The second-order valence-electron chi connectivity index (χ2n) is 4.87. The van der Waals surface area contributed by atoms with Gasteiger partial charge in [0.25, 0.3) is 0 Å². The number of hydrogen-bond donors (Lipinski definition) is 1. The average Bonchev–Trinajstić information content (AvgIpc) is 2.66. The molecule has 0 bridgehead atoms. The minimum atomic E-state index is -0.169. The number of nitrogens with two attached hydrogens (primary N) is 1. The standard InChI is InChI=1S/C11H20N4O/c1-9(2)15-10(13-8-14-15)7-11(12)3-5-16-6-4-11/h8-9H,3-7,12H2,1-2H3. The Morgan fingerprint density at radius 1 is 1.50 bits per heavy atom. The van der Waals surface area contributed by atoms with Crippen molar-refractivity contribution in [2.24, 2.45) is 5.73 Å². The lowest BCUT2D eigenvalue weighted by molar-refractivity contribution is 0.0522. The molecule has 2 rings (SSSR count). The van der Waals surface area contributed by atoms with Crippen molar-refractivity contribution >= 4 is 0 Å². The van der Waals surface area contributed by atoms with Crippen molar-refractivity contribution in [1.82, 2.24) is 14.8 Å². The molecule has 0 unspecified atom stereocenters. The second kappa shape index (κ2) is 4.51. The molecule has 5 heteroatoms. The van der Waals surface area contributed by atoms with Gasteiger partial charge in [-0.25, -0.2) is 9.67 Å². The van der Waals surface area contributed by atoms with Gasteiger partial charge in [0.05, 0.1) is 0 Å². The Morgan fingerprint density at radius 3 is 2.81 bits per heavy atom. The van der Waals surface area contributed by atoms with Gasteiger partial charge in [-0.3, -0.25) is 0 Å². The van der Waals surface area contributed by atoms with Crippen molar-refractivity contribution in [1.29, 1.82) is 0 Å². The fraction of sp³-hybridized carbons (Fsp3) is 0.818. The van der Waals surface area contributed by atoms with E-state index in [-0.39, 0.29) is 5.54 Å². The van der Waals surface area contributed by atoms with Crippen LogP contribution in [0, 0.1) is 0 Å². The SMILES string of the molecule is CC(C)n1ncnc1CC1(N)CCOCC1. The van der Waals surface area contributed by atoms with E-state index in [0.29, 0.717) is 6.04 Å². The molecule has 2 N–H and O–H groups in total. The number of nitrogens with zero attached hydrogens (tertiary/aromatic N) is 3. The molecule has 90 valence electrons. The summed E-state index contributed by atoms with van der Waals surface area (Å²) < 4.78 is 7.29. The smallest absolute Gasteiger partial charge is 0.138 e. The molecule has 0 spiro atoms. The molecular weight excluding hydrogens is 204 g/mol. The van der Waals surface area contributed by atoms with Gasteiger partial charge in [0, 0.05) is 31.2 Å². The van der Waals surface area contributed by atoms with Crippen LogP contribution in [-0.4, -0.2) is 33.5 Å². The molecule has 0 amide bonds. The van der Waals surface area contributed by atoms with Crippen LogP contribution >= 0.6 is 0 Å². The van der Waals surface area contributed by atoms with Crippen LogP contribution in [0.4, 0.5) is 0 Å². The van der Waals surface area contributed by atoms with E-state index in [0.717, 1.165) is 38.3 Å². The van der Waals surface area contributed by atoms with Crippen molar-refractivity contribution in [3.05, 3.63) is 12.2 Å². The van der Waals surface area contributed by atoms with Crippen molar-refractivity contribution in [3.63, 3.8) is 0 Å². The highest BCUT2D eigenvalue weighted by Gasteiger charge is 2.30. The van der Waals surface area contributed by atoms with Gasteiger partial charge in [0.15, 0.2) is 0 Å². The molecule has 0 aliphatic carbocycles. The maximum Gasteiger partial charge on any atom is 0.138 e. The maximum atomic E-state index is 6.36. The summed E-state index contributed by atoms with van der Waals surface area (Å²) in [5.74, 6) is 0.986. The van der Waals surface area contributed by atoms with E-state index < -0.39 is 0 Å². The normalized spacial score (nSPS) is 20.2. The van der Waals surface area contributed by atoms with E-state index in [2.05, 4.69) is 23.9 Å². The lowest BCUT2D eigenvalue weighted by Crippen LogP contribution is -2.47. The highest BCUT2D eigenvalue weighted by molar-refractivity contribution is 4.99. The molecule has 16 heavy (non-hydrogen) atoms. The minimum Gasteiger partial charge on any atom is -0.381 e. The molecule has 0 saturated carbocycles. The summed E-state index contributed by atoms with van der Waals surface area (Å²) >= 11 is 0. The maximum absolute atomic E-state index is 6.36. The first kappa shape index (κ1) is 11.5. The number of aromatic nitrogens is 3. The zero-order chi connectivity index (χ0) is 11.6. The van der Waals surface area contributed by atoms with Gasteiger partial charge in [-0.1, -0.05) is 0 Å². The number of hydrogen-bond acceptors (Lipinski definition) is 4. The lowest BCUT2D eigenvalue weighted by Gasteiger charge is -2.33. The van der Waals surface area contributed by atoms with Crippen LogP contribution in [-0.2, 0) is 11.2 Å². The fourth-order valence-electron chi connectivity index (χ4n) is 2.10. The van der Waals surface area contributed by atoms with Crippen molar-refractivity contribution in [2.75, 3.05) is 13.2 Å². The van der Waals surface area contributed by atoms with Crippen LogP contribution in [0.15, 0.2) is 6.33 Å². The van der Waals surface area contributed by atoms with Gasteiger partial charge in [-0.05, 0) is 26.7 Å². The van der Waals surface area contributed by atoms with Crippen LogP contribution < -0.4 is 5.73 Å². The largest absolute Gasteiger partial charge is 0.381 e. The highest BCUT2D eigenvalue weighted by Crippen LogP contribution is 2.22. The Hall–Kier alpha value is -0.940. The molecule has 1 aliphatic rings. The predicted octanol–water partition coefficient (Wildman–Crippen LogP) is 0.909. The van der Waals surface area contributed by atoms with E-state index >= 15 is 0 Å². The van der Waals surface area contributed by atoms with E-state index in [4.69, 9.17) is 10.5 Å². The zero-order valence-corrected chi connectivity index (χ0v) is 10.0. The quantitative estimate of drug-likeness (QED) is 0.828. The van der Waals surface area contributed by atoms with E-state index in [1.165, 1.54) is 0 Å². The topological polar surface area (TPSA) is 66.0 Å². The fourth-order valence-corrected chi connectivity index (χ4v) is 2.10. The molecule has 0 aromatic carbocycles. The first-order valence-corrected chi connectivity index (χ1v) is 5.86. The Bertz CT molecular complexity index is 342. The third-order valence-electron chi connectivity index (χ3n) is 3.14. The first-order chi connectivity index (χ1) is 7.61. The molecule has 1 fully saturated rings. The average molecular weight is 224 g/mol. The van der Waals surface area contributed by atoms with E-state index in [1.54, 1.807) is 6.33 Å². The lowest BCUT2D eigenvalue weighted by atomic mass is 9.87. The summed E-state index contributed by atoms with van der Waals surface area (Å²) in [4.78, 5) is 4.31. The third-order valence-corrected chi connectivity index (χ3v) is 3.14. The van der Waals surface area contributed by atoms with Crippen molar-refractivity contribution in [2.45, 2.75) is 44.7 Å². The summed E-state index contributed by atoms with van der Waals surface area (Å²) in [5, 5.41) is 4.23. The molecule has 1 aromatic heterocycles. The Morgan fingerprint density at radius 2 is 2.19 bits per heavy atom. The zero-order valence-electron chi connectivity index (χ0n) is 10.0. The van der Waals surface area contributed by atoms with Crippen molar-refractivity contribution in [3.8, 4) is 0 Å². The van der Waals surface area contributed by atoms with Crippen LogP contribution in [0.3, 0.4) is 0 Å². The molecule has 0 atom stereocenters. The number of ether oxygens (including phenoxy) is 1. The molecule has 1 aromatic rings. The molecule has 1 aliphatic heterocycles. The van der Waals surface area contributed by atoms with Gasteiger partial charge in [0.1, 0.15) is 12.2 Å². The summed E-state index contributed by atoms with van der Waals surface area (Å²) in [6, 6.07) is 0.334. The Kier molecular flexibility index (Phi) is 3.25. The predicted molar refractivity (Wildman–Crippen MR) is 61.1 cm³/mol. The Balaban J connectivity index is 2.10. The second-order valence-corrected chi connectivity index (χ2v) is 4.87. The number of rotatable bonds is 3. The van der Waals surface area contributed by atoms with Gasteiger partial charge in [-0.15, -0.1) is 0 Å². The summed E-state index contributed by atoms with van der Waals surface area (Å²) in [6.07, 6.45) is 4.20. The molecule has 1 saturated heterocycles. The molecule has 5 nitrogen and oxygen atoms in total. The minimum absolute atomic E-state index is 0.169. The van der Waals surface area contributed by atoms with Crippen LogP contribution in [0.25, 0.3) is 0 Å². The highest BCUT2D eigenvalue weighted by atomic mass is 16.5. The summed E-state index contributed by atoms with van der Waals surface area (Å²) in [6.45, 7) is 5.72. The summed E-state index contributed by atoms with van der Waals surface area (Å²) in [5.41, 5.74) is 6.19. The van der Waals surface area contributed by atoms with Crippen LogP contribution in [0.5, 0.6) is 0 Å².